The Balaban J connectivity index is 2.18. The van der Waals surface area contributed by atoms with Crippen LogP contribution < -0.4 is 5.73 Å². The summed E-state index contributed by atoms with van der Waals surface area (Å²) >= 11 is 0. The van der Waals surface area contributed by atoms with Gasteiger partial charge in [0.2, 0.25) is 0 Å². The van der Waals surface area contributed by atoms with Gasteiger partial charge in [0.1, 0.15) is 5.75 Å². The van der Waals surface area contributed by atoms with Gasteiger partial charge in [-0.3, -0.25) is 4.79 Å². The molecule has 4 nitrogen and oxygen atoms in total. The summed E-state index contributed by atoms with van der Waals surface area (Å²) in [6.07, 6.45) is 4.24. The largest absolute Gasteiger partial charge is 0.508 e. The van der Waals surface area contributed by atoms with Crippen LogP contribution in [0, 0.1) is 6.92 Å². The van der Waals surface area contributed by atoms with Crippen LogP contribution in [0.5, 0.6) is 5.75 Å². The zero-order valence-corrected chi connectivity index (χ0v) is 11.6. The van der Waals surface area contributed by atoms with Gasteiger partial charge in [-0.15, -0.1) is 0 Å². The van der Waals surface area contributed by atoms with Gasteiger partial charge < -0.3 is 15.7 Å². The van der Waals surface area contributed by atoms with E-state index in [1.807, 2.05) is 14.0 Å². The first kappa shape index (κ1) is 13.9. The first-order chi connectivity index (χ1) is 9.00. The molecular weight excluding hydrogens is 240 g/mol. The lowest BCUT2D eigenvalue weighted by molar-refractivity contribution is 0.0671. The average molecular weight is 262 g/mol. The number of hydrogen-bond acceptors (Lipinski definition) is 3. The van der Waals surface area contributed by atoms with Crippen molar-refractivity contribution in [1.29, 1.82) is 0 Å². The zero-order chi connectivity index (χ0) is 14.0. The van der Waals surface area contributed by atoms with Crippen LogP contribution in [0.3, 0.4) is 0 Å². The fourth-order valence-corrected chi connectivity index (χ4v) is 2.85. The second-order valence-electron chi connectivity index (χ2n) is 5.43. The van der Waals surface area contributed by atoms with Crippen molar-refractivity contribution in [1.82, 2.24) is 4.90 Å². The van der Waals surface area contributed by atoms with Crippen LogP contribution in [0.2, 0.25) is 0 Å². The lowest BCUT2D eigenvalue weighted by Gasteiger charge is -2.36. The maximum atomic E-state index is 12.5. The molecule has 4 heteroatoms. The van der Waals surface area contributed by atoms with E-state index in [0.717, 1.165) is 31.2 Å². The first-order valence-electron chi connectivity index (χ1n) is 6.83. The smallest absolute Gasteiger partial charge is 0.254 e. The molecule has 19 heavy (non-hydrogen) atoms. The molecule has 2 rings (SSSR count). The van der Waals surface area contributed by atoms with E-state index in [1.165, 1.54) is 0 Å². The van der Waals surface area contributed by atoms with E-state index >= 15 is 0 Å². The molecule has 1 amide bonds. The average Bonchev–Trinajstić information content (AvgIpc) is 2.38. The Morgan fingerprint density at radius 3 is 2.68 bits per heavy atom. The quantitative estimate of drug-likeness (QED) is 0.857. The third-order valence-corrected chi connectivity index (χ3v) is 4.04. The van der Waals surface area contributed by atoms with E-state index in [4.69, 9.17) is 5.73 Å². The molecule has 0 bridgehead atoms. The first-order valence-corrected chi connectivity index (χ1v) is 6.83. The lowest BCUT2D eigenvalue weighted by Crippen LogP contribution is -2.50. The highest BCUT2D eigenvalue weighted by molar-refractivity contribution is 5.95. The third-order valence-electron chi connectivity index (χ3n) is 4.04. The van der Waals surface area contributed by atoms with Crippen LogP contribution >= 0.6 is 0 Å². The molecule has 1 aromatic carbocycles. The predicted molar refractivity (Wildman–Crippen MR) is 75.2 cm³/mol. The molecule has 1 aromatic rings. The number of nitrogens with zero attached hydrogens (tertiary/aromatic N) is 1. The standard InChI is InChI=1S/C15H22N2O2/c1-10-9-11(18)7-8-12(10)15(19)17(2)14-6-4-3-5-13(14)16/h7-9,13-14,18H,3-6,16H2,1-2H3. The maximum Gasteiger partial charge on any atom is 0.254 e. The topological polar surface area (TPSA) is 66.6 Å². The number of rotatable bonds is 2. The summed E-state index contributed by atoms with van der Waals surface area (Å²) in [4.78, 5) is 14.3. The van der Waals surface area contributed by atoms with Crippen molar-refractivity contribution in [2.24, 2.45) is 5.73 Å². The maximum absolute atomic E-state index is 12.5. The minimum absolute atomic E-state index is 0.0140. The van der Waals surface area contributed by atoms with Crippen molar-refractivity contribution in [3.63, 3.8) is 0 Å². The number of amides is 1. The minimum Gasteiger partial charge on any atom is -0.508 e. The fraction of sp³-hybridized carbons (Fsp3) is 0.533. The molecule has 1 fully saturated rings. The molecule has 1 aliphatic carbocycles. The molecule has 0 aliphatic heterocycles. The molecule has 0 spiro atoms. The molecule has 0 heterocycles. The van der Waals surface area contributed by atoms with Crippen molar-refractivity contribution in [3.8, 4) is 5.75 Å². The second kappa shape index (κ2) is 5.61. The van der Waals surface area contributed by atoms with E-state index in [9.17, 15) is 9.90 Å². The van der Waals surface area contributed by atoms with Crippen molar-refractivity contribution < 1.29 is 9.90 Å². The molecular formula is C15H22N2O2. The highest BCUT2D eigenvalue weighted by atomic mass is 16.3. The number of nitrogens with two attached hydrogens (primary N) is 1. The number of likely N-dealkylation sites (N-methyl/N-ethyl adjacent to an activating group) is 1. The van der Waals surface area contributed by atoms with Crippen LogP contribution in [-0.2, 0) is 0 Å². The number of carbonyl (C=O) groups excluding carboxylic acids is 1. The number of benzene rings is 1. The normalized spacial score (nSPS) is 23.1. The van der Waals surface area contributed by atoms with E-state index in [0.29, 0.717) is 5.56 Å². The van der Waals surface area contributed by atoms with Crippen LogP contribution in [0.4, 0.5) is 0 Å². The molecule has 104 valence electrons. The summed E-state index contributed by atoms with van der Waals surface area (Å²) in [5.74, 6) is 0.172. The van der Waals surface area contributed by atoms with Gasteiger partial charge in [0, 0.05) is 24.7 Å². The summed E-state index contributed by atoms with van der Waals surface area (Å²) in [5.41, 5.74) is 7.55. The zero-order valence-electron chi connectivity index (χ0n) is 11.6. The van der Waals surface area contributed by atoms with Gasteiger partial charge in [0.25, 0.3) is 5.91 Å². The molecule has 1 saturated carbocycles. The van der Waals surface area contributed by atoms with Crippen LogP contribution in [-0.4, -0.2) is 35.0 Å². The molecule has 3 N–H and O–H groups in total. The highest BCUT2D eigenvalue weighted by Gasteiger charge is 2.29. The van der Waals surface area contributed by atoms with Crippen LogP contribution in [0.1, 0.15) is 41.6 Å². The number of phenolic OH excluding ortho intramolecular Hbond substituents is 1. The summed E-state index contributed by atoms with van der Waals surface area (Å²) in [5, 5.41) is 9.40. The Morgan fingerprint density at radius 2 is 2.05 bits per heavy atom. The Hall–Kier alpha value is -1.55. The molecule has 2 atom stereocenters. The summed E-state index contributed by atoms with van der Waals surface area (Å²) in [7, 11) is 1.82. The molecule has 0 saturated heterocycles. The van der Waals surface area contributed by atoms with Crippen LogP contribution in [0.15, 0.2) is 18.2 Å². The number of aromatic hydroxyl groups is 1. The molecule has 2 unspecified atom stereocenters. The van der Waals surface area contributed by atoms with Crippen molar-refractivity contribution in [3.05, 3.63) is 29.3 Å². The summed E-state index contributed by atoms with van der Waals surface area (Å²) in [6, 6.07) is 5.03. The summed E-state index contributed by atoms with van der Waals surface area (Å²) in [6.45, 7) is 1.83. The third kappa shape index (κ3) is 2.89. The van der Waals surface area contributed by atoms with Gasteiger partial charge in [-0.2, -0.15) is 0 Å². The van der Waals surface area contributed by atoms with Crippen LogP contribution in [0.25, 0.3) is 0 Å². The van der Waals surface area contributed by atoms with Crippen molar-refractivity contribution >= 4 is 5.91 Å². The Kier molecular flexibility index (Phi) is 4.10. The van der Waals surface area contributed by atoms with Crippen molar-refractivity contribution in [2.45, 2.75) is 44.7 Å². The highest BCUT2D eigenvalue weighted by Crippen LogP contribution is 2.24. The fourth-order valence-electron chi connectivity index (χ4n) is 2.85. The Bertz CT molecular complexity index is 473. The van der Waals surface area contributed by atoms with E-state index in [2.05, 4.69) is 0 Å². The molecule has 1 aliphatic rings. The minimum atomic E-state index is -0.0140. The van der Waals surface area contributed by atoms with E-state index in [1.54, 1.807) is 23.1 Å². The van der Waals surface area contributed by atoms with Gasteiger partial charge in [-0.1, -0.05) is 12.8 Å². The van der Waals surface area contributed by atoms with E-state index < -0.39 is 0 Å². The number of aryl methyl sites for hydroxylation is 1. The van der Waals surface area contributed by atoms with Gasteiger partial charge in [-0.25, -0.2) is 0 Å². The van der Waals surface area contributed by atoms with Gasteiger partial charge in [0.05, 0.1) is 0 Å². The number of carbonyl (C=O) groups is 1. The van der Waals surface area contributed by atoms with Gasteiger partial charge in [-0.05, 0) is 43.5 Å². The van der Waals surface area contributed by atoms with Crippen molar-refractivity contribution in [2.75, 3.05) is 7.05 Å². The van der Waals surface area contributed by atoms with Gasteiger partial charge in [0.15, 0.2) is 0 Å². The second-order valence-corrected chi connectivity index (χ2v) is 5.43. The number of phenols is 1. The van der Waals surface area contributed by atoms with E-state index in [-0.39, 0.29) is 23.7 Å². The Morgan fingerprint density at radius 1 is 1.37 bits per heavy atom. The number of hydrogen-bond donors (Lipinski definition) is 2. The molecule has 0 radical (unpaired) electrons. The summed E-state index contributed by atoms with van der Waals surface area (Å²) < 4.78 is 0. The monoisotopic (exact) mass is 262 g/mol. The van der Waals surface area contributed by atoms with Gasteiger partial charge >= 0.3 is 0 Å². The lowest BCUT2D eigenvalue weighted by atomic mass is 9.89. The Labute approximate surface area is 114 Å². The molecule has 0 aromatic heterocycles. The predicted octanol–water partition coefficient (Wildman–Crippen LogP) is 2.04. The SMILES string of the molecule is Cc1cc(O)ccc1C(=O)N(C)C1CCCCC1N.